The lowest BCUT2D eigenvalue weighted by molar-refractivity contribution is 0.370. The average Bonchev–Trinajstić information content (AvgIpc) is 2.78. The van der Waals surface area contributed by atoms with Crippen LogP contribution in [0.4, 0.5) is 0 Å². The van der Waals surface area contributed by atoms with Crippen molar-refractivity contribution in [1.82, 2.24) is 9.66 Å². The first-order chi connectivity index (χ1) is 15.1. The molecule has 0 N–H and O–H groups in total. The Balaban J connectivity index is 1.76. The summed E-state index contributed by atoms with van der Waals surface area (Å²) in [6.45, 7) is 0.144. The first-order valence-electron chi connectivity index (χ1n) is 10.2. The predicted molar refractivity (Wildman–Crippen MR) is 128 cm³/mol. The van der Waals surface area contributed by atoms with Crippen molar-refractivity contribution in [3.05, 3.63) is 67.6 Å². The van der Waals surface area contributed by atoms with Crippen LogP contribution in [0, 0.1) is 12.3 Å². The number of aromatic nitrogens is 2. The summed E-state index contributed by atoms with van der Waals surface area (Å²) in [5.41, 5.74) is 1.26. The number of terminal acetylenes is 1. The van der Waals surface area contributed by atoms with Crippen molar-refractivity contribution in [3.63, 3.8) is 0 Å². The number of benzene rings is 2. The van der Waals surface area contributed by atoms with Gasteiger partial charge in [0.15, 0.2) is 0 Å². The van der Waals surface area contributed by atoms with Crippen LogP contribution in [0.25, 0.3) is 10.9 Å². The monoisotopic (exact) mass is 497 g/mol. The second-order valence-corrected chi connectivity index (χ2v) is 8.83. The van der Waals surface area contributed by atoms with Crippen molar-refractivity contribution >= 4 is 44.6 Å². The zero-order chi connectivity index (χ0) is 21.8. The van der Waals surface area contributed by atoms with Gasteiger partial charge in [-0.1, -0.05) is 52.7 Å². The minimum Gasteiger partial charge on any atom is -0.479 e. The highest BCUT2D eigenvalue weighted by Crippen LogP contribution is 2.32. The Morgan fingerprint density at radius 3 is 2.81 bits per heavy atom. The van der Waals surface area contributed by atoms with Crippen LogP contribution in [0.15, 0.2) is 50.8 Å². The Labute approximate surface area is 194 Å². The molecule has 31 heavy (non-hydrogen) atoms. The van der Waals surface area contributed by atoms with Gasteiger partial charge >= 0.3 is 0 Å². The van der Waals surface area contributed by atoms with Gasteiger partial charge in [-0.15, -0.1) is 6.42 Å². The minimum atomic E-state index is -0.178. The molecule has 3 aromatic rings. The number of halogens is 2. The SMILES string of the molecule is C#CCOc1ccc(C=Nn2c(C3CCCCC3)nc3ccc(Br)cc3c2=O)cc1Cl. The van der Waals surface area contributed by atoms with Crippen LogP contribution in [0.3, 0.4) is 0 Å². The third kappa shape index (κ3) is 4.84. The van der Waals surface area contributed by atoms with Crippen LogP contribution < -0.4 is 10.3 Å². The molecule has 1 saturated carbocycles. The summed E-state index contributed by atoms with van der Waals surface area (Å²) < 4.78 is 7.67. The lowest BCUT2D eigenvalue weighted by Crippen LogP contribution is -2.25. The molecular formula is C24H21BrClN3O2. The van der Waals surface area contributed by atoms with E-state index in [4.69, 9.17) is 27.7 Å². The van der Waals surface area contributed by atoms with Crippen LogP contribution in [0.5, 0.6) is 5.75 Å². The maximum atomic E-state index is 13.3. The molecule has 0 spiro atoms. The van der Waals surface area contributed by atoms with Gasteiger partial charge in [0.2, 0.25) is 0 Å². The number of fused-ring (bicyclic) bond motifs is 1. The van der Waals surface area contributed by atoms with E-state index in [-0.39, 0.29) is 18.1 Å². The zero-order valence-electron chi connectivity index (χ0n) is 16.9. The molecule has 1 aliphatic rings. The van der Waals surface area contributed by atoms with Gasteiger partial charge in [-0.25, -0.2) is 4.98 Å². The van der Waals surface area contributed by atoms with E-state index in [1.165, 1.54) is 11.1 Å². The first-order valence-corrected chi connectivity index (χ1v) is 11.4. The number of nitrogens with zero attached hydrogens (tertiary/aromatic N) is 3. The molecule has 2 aromatic carbocycles. The fraction of sp³-hybridized carbons (Fsp3) is 0.292. The molecule has 5 nitrogen and oxygen atoms in total. The average molecular weight is 499 g/mol. The third-order valence-corrected chi connectivity index (χ3v) is 6.18. The molecule has 0 saturated heterocycles. The summed E-state index contributed by atoms with van der Waals surface area (Å²) in [6.07, 6.45) is 12.4. The van der Waals surface area contributed by atoms with Crippen LogP contribution in [0.1, 0.15) is 49.4 Å². The molecule has 7 heteroatoms. The Kier molecular flexibility index (Phi) is 6.74. The normalized spacial score (nSPS) is 14.7. The molecule has 1 aliphatic carbocycles. The number of hydrogen-bond acceptors (Lipinski definition) is 4. The second kappa shape index (κ2) is 9.67. The van der Waals surface area contributed by atoms with Gasteiger partial charge in [-0.05, 0) is 54.8 Å². The molecule has 0 unspecified atom stereocenters. The smallest absolute Gasteiger partial charge is 0.282 e. The highest BCUT2D eigenvalue weighted by atomic mass is 79.9. The van der Waals surface area contributed by atoms with Crippen molar-refractivity contribution in [2.45, 2.75) is 38.0 Å². The molecule has 1 aromatic heterocycles. The molecule has 4 rings (SSSR count). The maximum Gasteiger partial charge on any atom is 0.282 e. The van der Waals surface area contributed by atoms with Crippen LogP contribution in [0.2, 0.25) is 5.02 Å². The van der Waals surface area contributed by atoms with E-state index in [1.807, 2.05) is 18.2 Å². The molecule has 1 fully saturated rings. The molecular weight excluding hydrogens is 478 g/mol. The van der Waals surface area contributed by atoms with Crippen LogP contribution >= 0.6 is 27.5 Å². The summed E-state index contributed by atoms with van der Waals surface area (Å²) in [4.78, 5) is 18.2. The van der Waals surface area contributed by atoms with Crippen molar-refractivity contribution in [1.29, 1.82) is 0 Å². The molecule has 0 atom stereocenters. The predicted octanol–water partition coefficient (Wildman–Crippen LogP) is 5.75. The topological polar surface area (TPSA) is 56.5 Å². The van der Waals surface area contributed by atoms with Gasteiger partial charge in [-0.3, -0.25) is 4.79 Å². The highest BCUT2D eigenvalue weighted by molar-refractivity contribution is 9.10. The Morgan fingerprint density at radius 1 is 1.26 bits per heavy atom. The summed E-state index contributed by atoms with van der Waals surface area (Å²) in [5.74, 6) is 3.86. The van der Waals surface area contributed by atoms with Crippen molar-refractivity contribution in [2.24, 2.45) is 5.10 Å². The van der Waals surface area contributed by atoms with Gasteiger partial charge < -0.3 is 4.74 Å². The van der Waals surface area contributed by atoms with E-state index >= 15 is 0 Å². The molecule has 158 valence electrons. The quantitative estimate of drug-likeness (QED) is 0.332. The number of rotatable bonds is 5. The summed E-state index contributed by atoms with van der Waals surface area (Å²) in [5, 5.41) is 5.49. The Morgan fingerprint density at radius 2 is 2.06 bits per heavy atom. The third-order valence-electron chi connectivity index (χ3n) is 5.39. The molecule has 0 aliphatic heterocycles. The van der Waals surface area contributed by atoms with Crippen molar-refractivity contribution < 1.29 is 4.74 Å². The van der Waals surface area contributed by atoms with E-state index in [0.29, 0.717) is 21.7 Å². The van der Waals surface area contributed by atoms with Gasteiger partial charge in [0.1, 0.15) is 18.2 Å². The Hall–Kier alpha value is -2.62. The minimum absolute atomic E-state index is 0.144. The summed E-state index contributed by atoms with van der Waals surface area (Å²) >= 11 is 9.73. The molecule has 1 heterocycles. The largest absolute Gasteiger partial charge is 0.479 e. The fourth-order valence-electron chi connectivity index (χ4n) is 3.86. The molecule has 0 amide bonds. The molecule has 0 radical (unpaired) electrons. The van der Waals surface area contributed by atoms with Crippen molar-refractivity contribution in [2.75, 3.05) is 6.61 Å². The maximum absolute atomic E-state index is 13.3. The first kappa shape index (κ1) is 21.6. The van der Waals surface area contributed by atoms with E-state index < -0.39 is 0 Å². The Bertz CT molecular complexity index is 1240. The summed E-state index contributed by atoms with van der Waals surface area (Å²) in [6, 6.07) is 10.8. The van der Waals surface area contributed by atoms with Gasteiger partial charge in [0.25, 0.3) is 5.56 Å². The summed E-state index contributed by atoms with van der Waals surface area (Å²) in [7, 11) is 0. The standard InChI is InChI=1S/C24H21BrClN3O2/c1-2-12-31-22-11-8-16(13-20(22)26)15-27-29-23(17-6-4-3-5-7-17)28-21-10-9-18(25)14-19(21)24(29)30/h1,8-11,13-15,17H,3-7,12H2. The van der Waals surface area contributed by atoms with E-state index in [2.05, 4.69) is 27.0 Å². The number of hydrogen-bond donors (Lipinski definition) is 0. The fourth-order valence-corrected chi connectivity index (χ4v) is 4.47. The van der Waals surface area contributed by atoms with Gasteiger partial charge in [0.05, 0.1) is 22.1 Å². The number of ether oxygens (including phenoxy) is 1. The zero-order valence-corrected chi connectivity index (χ0v) is 19.2. The second-order valence-electron chi connectivity index (χ2n) is 7.51. The van der Waals surface area contributed by atoms with Crippen molar-refractivity contribution in [3.8, 4) is 18.1 Å². The van der Waals surface area contributed by atoms with E-state index in [9.17, 15) is 4.79 Å². The van der Waals surface area contributed by atoms with Crippen LogP contribution in [-0.2, 0) is 0 Å². The molecule has 0 bridgehead atoms. The lowest BCUT2D eigenvalue weighted by Gasteiger charge is -2.22. The van der Waals surface area contributed by atoms with Gasteiger partial charge in [0, 0.05) is 10.4 Å². The lowest BCUT2D eigenvalue weighted by atomic mass is 9.88. The van der Waals surface area contributed by atoms with E-state index in [0.717, 1.165) is 41.5 Å². The highest BCUT2D eigenvalue weighted by Gasteiger charge is 2.22. The van der Waals surface area contributed by atoms with Gasteiger partial charge in [-0.2, -0.15) is 9.78 Å². The van der Waals surface area contributed by atoms with Crippen LogP contribution in [-0.4, -0.2) is 22.5 Å². The van der Waals surface area contributed by atoms with E-state index in [1.54, 1.807) is 24.4 Å².